The molecule has 4 rings (SSSR count). The van der Waals surface area contributed by atoms with E-state index in [4.69, 9.17) is 20.8 Å². The number of hydrogen-bond acceptors (Lipinski definition) is 5. The Balaban J connectivity index is 1.53. The van der Waals surface area contributed by atoms with Crippen molar-refractivity contribution >= 4 is 49.9 Å². The molecule has 0 saturated heterocycles. The van der Waals surface area contributed by atoms with Crippen molar-refractivity contribution in [1.29, 1.82) is 0 Å². The Morgan fingerprint density at radius 2 is 1.72 bits per heavy atom. The predicted octanol–water partition coefficient (Wildman–Crippen LogP) is 5.46. The van der Waals surface area contributed by atoms with E-state index < -0.39 is 15.9 Å². The minimum atomic E-state index is -3.85. The molecule has 2 N–H and O–H groups in total. The normalized spacial score (nSPS) is 11.3. The van der Waals surface area contributed by atoms with Crippen molar-refractivity contribution in [3.63, 3.8) is 0 Å². The van der Waals surface area contributed by atoms with Gasteiger partial charge in [-0.25, -0.2) is 8.42 Å². The van der Waals surface area contributed by atoms with Gasteiger partial charge in [0.15, 0.2) is 11.3 Å². The van der Waals surface area contributed by atoms with Crippen LogP contribution >= 0.6 is 11.6 Å². The van der Waals surface area contributed by atoms with Gasteiger partial charge in [0.25, 0.3) is 15.9 Å². The summed E-state index contributed by atoms with van der Waals surface area (Å²) < 4.78 is 38.8. The summed E-state index contributed by atoms with van der Waals surface area (Å²) >= 11 is 6.15. The van der Waals surface area contributed by atoms with Crippen LogP contribution < -0.4 is 14.8 Å². The van der Waals surface area contributed by atoms with E-state index in [1.54, 1.807) is 43.3 Å². The highest BCUT2D eigenvalue weighted by Gasteiger charge is 2.20. The minimum absolute atomic E-state index is 0.0353. The molecule has 9 heteroatoms. The number of rotatable bonds is 6. The van der Waals surface area contributed by atoms with Crippen molar-refractivity contribution in [2.24, 2.45) is 0 Å². The van der Waals surface area contributed by atoms with Gasteiger partial charge >= 0.3 is 0 Å². The first-order chi connectivity index (χ1) is 15.3. The second-order valence-electron chi connectivity index (χ2n) is 6.96. The highest BCUT2D eigenvalue weighted by atomic mass is 35.5. The fraction of sp³-hybridized carbons (Fsp3) is 0.0870. The number of benzene rings is 3. The number of sulfonamides is 1. The number of methoxy groups -OCH3 is 1. The maximum absolute atomic E-state index is 12.7. The number of carbonyl (C=O) groups excluding carboxylic acids is 1. The van der Waals surface area contributed by atoms with E-state index in [-0.39, 0.29) is 10.7 Å². The quantitative estimate of drug-likeness (QED) is 0.390. The number of nitrogens with one attached hydrogen (secondary N) is 2. The number of hydrogen-bond donors (Lipinski definition) is 2. The molecule has 0 saturated carbocycles. The average Bonchev–Trinajstić information content (AvgIpc) is 3.12. The SMILES string of the molecule is COc1ccccc1NS(=O)(=O)c1ccc(NC(=O)c2oc3c(Cl)cccc3c2C)cc1. The van der Waals surface area contributed by atoms with Gasteiger partial charge in [0.1, 0.15) is 5.75 Å². The molecule has 0 radical (unpaired) electrons. The maximum Gasteiger partial charge on any atom is 0.291 e. The fourth-order valence-corrected chi connectivity index (χ4v) is 4.55. The summed E-state index contributed by atoms with van der Waals surface area (Å²) in [6.45, 7) is 1.77. The van der Waals surface area contributed by atoms with Crippen LogP contribution in [0.3, 0.4) is 0 Å². The van der Waals surface area contributed by atoms with Gasteiger partial charge in [-0.3, -0.25) is 9.52 Å². The molecule has 0 unspecified atom stereocenters. The molecule has 0 atom stereocenters. The number of ether oxygens (including phenoxy) is 1. The van der Waals surface area contributed by atoms with Crippen LogP contribution in [-0.2, 0) is 10.0 Å². The highest BCUT2D eigenvalue weighted by Crippen LogP contribution is 2.31. The summed E-state index contributed by atoms with van der Waals surface area (Å²) in [5.41, 5.74) is 1.85. The van der Waals surface area contributed by atoms with E-state index in [9.17, 15) is 13.2 Å². The van der Waals surface area contributed by atoms with Gasteiger partial charge in [0, 0.05) is 16.6 Å². The molecule has 164 valence electrons. The van der Waals surface area contributed by atoms with Crippen molar-refractivity contribution in [2.45, 2.75) is 11.8 Å². The first-order valence-corrected chi connectivity index (χ1v) is 11.4. The highest BCUT2D eigenvalue weighted by molar-refractivity contribution is 7.92. The summed E-state index contributed by atoms with van der Waals surface area (Å²) in [5, 5.41) is 3.89. The second kappa shape index (κ2) is 8.57. The Labute approximate surface area is 190 Å². The minimum Gasteiger partial charge on any atom is -0.495 e. The Bertz CT molecular complexity index is 1410. The van der Waals surface area contributed by atoms with E-state index in [1.165, 1.54) is 31.4 Å². The lowest BCUT2D eigenvalue weighted by Crippen LogP contribution is -2.14. The molecule has 0 aliphatic heterocycles. The van der Waals surface area contributed by atoms with Crippen molar-refractivity contribution < 1.29 is 22.4 Å². The molecule has 4 aromatic rings. The zero-order valence-electron chi connectivity index (χ0n) is 17.2. The lowest BCUT2D eigenvalue weighted by atomic mass is 10.1. The average molecular weight is 471 g/mol. The van der Waals surface area contributed by atoms with Gasteiger partial charge in [-0.1, -0.05) is 35.9 Å². The molecule has 0 spiro atoms. The third kappa shape index (κ3) is 4.15. The molecule has 0 aliphatic rings. The third-order valence-corrected chi connectivity index (χ3v) is 6.57. The molecule has 0 aliphatic carbocycles. The fourth-order valence-electron chi connectivity index (χ4n) is 3.26. The number of fused-ring (bicyclic) bond motifs is 1. The van der Waals surface area contributed by atoms with Crippen LogP contribution in [0.4, 0.5) is 11.4 Å². The molecule has 0 bridgehead atoms. The zero-order valence-corrected chi connectivity index (χ0v) is 18.8. The van der Waals surface area contributed by atoms with E-state index in [1.807, 2.05) is 6.07 Å². The summed E-state index contributed by atoms with van der Waals surface area (Å²) in [7, 11) is -2.39. The van der Waals surface area contributed by atoms with Gasteiger partial charge in [-0.15, -0.1) is 0 Å². The Hall–Kier alpha value is -3.49. The van der Waals surface area contributed by atoms with Crippen LogP contribution in [0.25, 0.3) is 11.0 Å². The number of para-hydroxylation sites is 3. The number of furan rings is 1. The van der Waals surface area contributed by atoms with Crippen molar-refractivity contribution in [3.05, 3.63) is 83.1 Å². The third-order valence-electron chi connectivity index (χ3n) is 4.90. The first kappa shape index (κ1) is 21.7. The first-order valence-electron chi connectivity index (χ1n) is 9.55. The molecule has 1 heterocycles. The van der Waals surface area contributed by atoms with Crippen LogP contribution in [0.5, 0.6) is 5.75 Å². The molecular formula is C23H19ClN2O5S. The largest absolute Gasteiger partial charge is 0.495 e. The standard InChI is InChI=1S/C23H19ClN2O5S/c1-14-17-6-5-7-18(24)22(17)31-21(14)23(27)25-15-10-12-16(13-11-15)32(28,29)26-19-8-3-4-9-20(19)30-2/h3-13,26H,1-2H3,(H,25,27). The number of aryl methyl sites for hydroxylation is 1. The number of halogens is 1. The van der Waals surface area contributed by atoms with Crippen molar-refractivity contribution in [1.82, 2.24) is 0 Å². The van der Waals surface area contributed by atoms with Gasteiger partial charge in [-0.05, 0) is 49.4 Å². The van der Waals surface area contributed by atoms with Crippen molar-refractivity contribution in [3.8, 4) is 5.75 Å². The van der Waals surface area contributed by atoms with Gasteiger partial charge in [-0.2, -0.15) is 0 Å². The Kier molecular flexibility index (Phi) is 5.82. The number of amides is 1. The molecule has 0 fully saturated rings. The van der Waals surface area contributed by atoms with E-state index in [0.29, 0.717) is 33.3 Å². The molecule has 1 amide bonds. The Morgan fingerprint density at radius 1 is 1.00 bits per heavy atom. The lowest BCUT2D eigenvalue weighted by Gasteiger charge is -2.12. The summed E-state index contributed by atoms with van der Waals surface area (Å²) in [6, 6.07) is 17.8. The molecule has 1 aromatic heterocycles. The summed E-state index contributed by atoms with van der Waals surface area (Å²) in [5.74, 6) is 0.0847. The molecule has 7 nitrogen and oxygen atoms in total. The van der Waals surface area contributed by atoms with Crippen LogP contribution in [0.2, 0.25) is 5.02 Å². The second-order valence-corrected chi connectivity index (χ2v) is 9.05. The number of carbonyl (C=O) groups is 1. The van der Waals surface area contributed by atoms with E-state index in [0.717, 1.165) is 5.39 Å². The monoisotopic (exact) mass is 470 g/mol. The number of anilines is 2. The van der Waals surface area contributed by atoms with Crippen molar-refractivity contribution in [2.75, 3.05) is 17.1 Å². The van der Waals surface area contributed by atoms with Gasteiger partial charge in [0.05, 0.1) is 22.7 Å². The van der Waals surface area contributed by atoms with Crippen LogP contribution in [0, 0.1) is 6.92 Å². The van der Waals surface area contributed by atoms with Crippen LogP contribution in [0.15, 0.2) is 76.0 Å². The topological polar surface area (TPSA) is 97.6 Å². The summed E-state index contributed by atoms with van der Waals surface area (Å²) in [4.78, 5) is 12.8. The van der Waals surface area contributed by atoms with E-state index in [2.05, 4.69) is 10.0 Å². The van der Waals surface area contributed by atoms with Crippen LogP contribution in [-0.4, -0.2) is 21.4 Å². The van der Waals surface area contributed by atoms with E-state index >= 15 is 0 Å². The molecule has 3 aromatic carbocycles. The van der Waals surface area contributed by atoms with Gasteiger partial charge in [0.2, 0.25) is 0 Å². The maximum atomic E-state index is 12.7. The predicted molar refractivity (Wildman–Crippen MR) is 124 cm³/mol. The summed E-state index contributed by atoms with van der Waals surface area (Å²) in [6.07, 6.45) is 0. The smallest absolute Gasteiger partial charge is 0.291 e. The molecule has 32 heavy (non-hydrogen) atoms. The van der Waals surface area contributed by atoms with Crippen LogP contribution in [0.1, 0.15) is 16.1 Å². The lowest BCUT2D eigenvalue weighted by molar-refractivity contribution is 0.0998. The molecular weight excluding hydrogens is 452 g/mol. The van der Waals surface area contributed by atoms with Gasteiger partial charge < -0.3 is 14.5 Å². The zero-order chi connectivity index (χ0) is 22.9. The Morgan fingerprint density at radius 3 is 2.41 bits per heavy atom.